The van der Waals surface area contributed by atoms with Crippen LogP contribution >= 0.6 is 11.8 Å². The lowest BCUT2D eigenvalue weighted by Gasteiger charge is -2.12. The molecule has 102 valence electrons. The molecule has 1 aromatic rings. The average molecular weight is 270 g/mol. The zero-order valence-electron chi connectivity index (χ0n) is 11.3. The molecule has 1 atom stereocenters. The molecule has 5 heteroatoms. The Hall–Kier alpha value is -0.940. The Kier molecular flexibility index (Phi) is 6.90. The number of thioether (sulfide) groups is 1. The van der Waals surface area contributed by atoms with Gasteiger partial charge in [-0.25, -0.2) is 4.79 Å². The number of methoxy groups -OCH3 is 1. The summed E-state index contributed by atoms with van der Waals surface area (Å²) < 4.78 is 4.65. The van der Waals surface area contributed by atoms with Crippen molar-refractivity contribution >= 4 is 17.7 Å². The standard InChI is InChI=1S/C13H22N2O2S/c1-4-18-8-7-10(2)14-9-11-5-6-12(15-11)13(16)17-3/h5-6,10,14-15H,4,7-9H2,1-3H3. The molecule has 0 fully saturated rings. The zero-order chi connectivity index (χ0) is 13.4. The molecule has 0 saturated heterocycles. The van der Waals surface area contributed by atoms with E-state index in [2.05, 4.69) is 28.9 Å². The minimum atomic E-state index is -0.325. The molecule has 1 heterocycles. The molecule has 1 unspecified atom stereocenters. The van der Waals surface area contributed by atoms with Gasteiger partial charge in [0.05, 0.1) is 7.11 Å². The van der Waals surface area contributed by atoms with E-state index in [-0.39, 0.29) is 5.97 Å². The van der Waals surface area contributed by atoms with Gasteiger partial charge < -0.3 is 15.0 Å². The van der Waals surface area contributed by atoms with E-state index < -0.39 is 0 Å². The van der Waals surface area contributed by atoms with E-state index in [9.17, 15) is 4.79 Å². The quantitative estimate of drug-likeness (QED) is 0.563. The Balaban J connectivity index is 2.30. The molecule has 0 saturated carbocycles. The fourth-order valence-electron chi connectivity index (χ4n) is 1.56. The van der Waals surface area contributed by atoms with Gasteiger partial charge in [0.2, 0.25) is 0 Å². The summed E-state index contributed by atoms with van der Waals surface area (Å²) in [7, 11) is 1.38. The SMILES string of the molecule is CCSCCC(C)NCc1ccc(C(=O)OC)[nH]1. The number of ether oxygens (including phenoxy) is 1. The molecule has 0 spiro atoms. The highest BCUT2D eigenvalue weighted by atomic mass is 32.2. The fourth-order valence-corrected chi connectivity index (χ4v) is 2.37. The van der Waals surface area contributed by atoms with E-state index in [1.54, 1.807) is 6.07 Å². The third-order valence-electron chi connectivity index (χ3n) is 2.69. The lowest BCUT2D eigenvalue weighted by atomic mass is 10.2. The van der Waals surface area contributed by atoms with Crippen LogP contribution in [0.4, 0.5) is 0 Å². The highest BCUT2D eigenvalue weighted by Gasteiger charge is 2.08. The van der Waals surface area contributed by atoms with Gasteiger partial charge in [0, 0.05) is 18.3 Å². The van der Waals surface area contributed by atoms with Crippen molar-refractivity contribution < 1.29 is 9.53 Å². The first-order valence-electron chi connectivity index (χ1n) is 6.24. The molecule has 0 aliphatic heterocycles. The molecule has 0 bridgehead atoms. The lowest BCUT2D eigenvalue weighted by molar-refractivity contribution is 0.0594. The van der Waals surface area contributed by atoms with Crippen molar-refractivity contribution in [3.8, 4) is 0 Å². The van der Waals surface area contributed by atoms with Crippen LogP contribution in [0.15, 0.2) is 12.1 Å². The smallest absolute Gasteiger partial charge is 0.354 e. The summed E-state index contributed by atoms with van der Waals surface area (Å²) >= 11 is 1.96. The summed E-state index contributed by atoms with van der Waals surface area (Å²) in [6.45, 7) is 5.10. The van der Waals surface area contributed by atoms with E-state index in [0.29, 0.717) is 11.7 Å². The van der Waals surface area contributed by atoms with Crippen LogP contribution in [0.3, 0.4) is 0 Å². The van der Waals surface area contributed by atoms with Gasteiger partial charge in [-0.1, -0.05) is 6.92 Å². The van der Waals surface area contributed by atoms with Gasteiger partial charge in [0.25, 0.3) is 0 Å². The first-order valence-corrected chi connectivity index (χ1v) is 7.40. The predicted molar refractivity (Wildman–Crippen MR) is 76.0 cm³/mol. The summed E-state index contributed by atoms with van der Waals surface area (Å²) in [4.78, 5) is 14.3. The molecular weight excluding hydrogens is 248 g/mol. The maximum atomic E-state index is 11.3. The number of aromatic amines is 1. The molecule has 2 N–H and O–H groups in total. The number of H-pyrrole nitrogens is 1. The van der Waals surface area contributed by atoms with E-state index in [0.717, 1.165) is 18.7 Å². The number of hydrogen-bond acceptors (Lipinski definition) is 4. The Morgan fingerprint density at radius 3 is 3.00 bits per heavy atom. The zero-order valence-corrected chi connectivity index (χ0v) is 12.1. The number of esters is 1. The fraction of sp³-hybridized carbons (Fsp3) is 0.615. The lowest BCUT2D eigenvalue weighted by Crippen LogP contribution is -2.26. The van der Waals surface area contributed by atoms with Crippen molar-refractivity contribution in [3.63, 3.8) is 0 Å². The van der Waals surface area contributed by atoms with E-state index in [1.165, 1.54) is 18.6 Å². The molecular formula is C13H22N2O2S. The number of carbonyl (C=O) groups excluding carboxylic acids is 1. The van der Waals surface area contributed by atoms with Crippen LogP contribution < -0.4 is 5.32 Å². The summed E-state index contributed by atoms with van der Waals surface area (Å²) in [5.41, 5.74) is 1.51. The second kappa shape index (κ2) is 8.21. The van der Waals surface area contributed by atoms with Crippen LogP contribution in [0.1, 0.15) is 36.5 Å². The minimum Gasteiger partial charge on any atom is -0.464 e. The number of hydrogen-bond donors (Lipinski definition) is 2. The molecule has 0 radical (unpaired) electrons. The maximum absolute atomic E-state index is 11.3. The monoisotopic (exact) mass is 270 g/mol. The second-order valence-electron chi connectivity index (χ2n) is 4.16. The summed E-state index contributed by atoms with van der Waals surface area (Å²) in [5, 5.41) is 3.43. The topological polar surface area (TPSA) is 54.1 Å². The molecule has 0 aliphatic carbocycles. The Labute approximate surface area is 113 Å². The Morgan fingerprint density at radius 2 is 2.33 bits per heavy atom. The van der Waals surface area contributed by atoms with Crippen molar-refractivity contribution in [2.45, 2.75) is 32.9 Å². The summed E-state index contributed by atoms with van der Waals surface area (Å²) in [6.07, 6.45) is 1.16. The van der Waals surface area contributed by atoms with Gasteiger partial charge in [0.15, 0.2) is 0 Å². The first kappa shape index (κ1) is 15.1. The van der Waals surface area contributed by atoms with Crippen LogP contribution in [0.5, 0.6) is 0 Å². The van der Waals surface area contributed by atoms with Gasteiger partial charge in [-0.05, 0) is 37.0 Å². The third-order valence-corrected chi connectivity index (χ3v) is 3.62. The molecule has 0 aromatic carbocycles. The van der Waals surface area contributed by atoms with Crippen molar-refractivity contribution in [3.05, 3.63) is 23.5 Å². The third kappa shape index (κ3) is 5.14. The summed E-state index contributed by atoms with van der Waals surface area (Å²) in [6, 6.07) is 4.14. The molecule has 4 nitrogen and oxygen atoms in total. The van der Waals surface area contributed by atoms with Gasteiger partial charge >= 0.3 is 5.97 Å². The molecule has 1 aromatic heterocycles. The van der Waals surface area contributed by atoms with Crippen LogP contribution in [0, 0.1) is 0 Å². The van der Waals surface area contributed by atoms with Gasteiger partial charge in [-0.2, -0.15) is 11.8 Å². The predicted octanol–water partition coefficient (Wildman–Crippen LogP) is 2.42. The number of carbonyl (C=O) groups is 1. The van der Waals surface area contributed by atoms with E-state index >= 15 is 0 Å². The highest BCUT2D eigenvalue weighted by Crippen LogP contribution is 2.06. The van der Waals surface area contributed by atoms with E-state index in [4.69, 9.17) is 0 Å². The number of aromatic nitrogens is 1. The average Bonchev–Trinajstić information content (AvgIpc) is 2.84. The molecule has 0 aliphatic rings. The van der Waals surface area contributed by atoms with Crippen LogP contribution in [0.2, 0.25) is 0 Å². The van der Waals surface area contributed by atoms with Crippen molar-refractivity contribution in [2.75, 3.05) is 18.6 Å². The van der Waals surface area contributed by atoms with Crippen molar-refractivity contribution in [1.29, 1.82) is 0 Å². The van der Waals surface area contributed by atoms with Crippen LogP contribution in [-0.4, -0.2) is 35.6 Å². The number of nitrogens with one attached hydrogen (secondary N) is 2. The van der Waals surface area contributed by atoms with Crippen LogP contribution in [0.25, 0.3) is 0 Å². The van der Waals surface area contributed by atoms with Crippen LogP contribution in [-0.2, 0) is 11.3 Å². The molecule has 0 amide bonds. The second-order valence-corrected chi connectivity index (χ2v) is 5.55. The van der Waals surface area contributed by atoms with Gasteiger partial charge in [-0.3, -0.25) is 0 Å². The van der Waals surface area contributed by atoms with Gasteiger partial charge in [-0.15, -0.1) is 0 Å². The Morgan fingerprint density at radius 1 is 1.56 bits per heavy atom. The highest BCUT2D eigenvalue weighted by molar-refractivity contribution is 7.99. The molecule has 1 rings (SSSR count). The van der Waals surface area contributed by atoms with Crippen molar-refractivity contribution in [2.24, 2.45) is 0 Å². The first-order chi connectivity index (χ1) is 8.67. The minimum absolute atomic E-state index is 0.325. The summed E-state index contributed by atoms with van der Waals surface area (Å²) in [5.74, 6) is 2.03. The van der Waals surface area contributed by atoms with Crippen molar-refractivity contribution in [1.82, 2.24) is 10.3 Å². The normalized spacial score (nSPS) is 12.4. The largest absolute Gasteiger partial charge is 0.464 e. The van der Waals surface area contributed by atoms with E-state index in [1.807, 2.05) is 17.8 Å². The Bertz CT molecular complexity index is 366. The molecule has 18 heavy (non-hydrogen) atoms. The number of rotatable bonds is 8. The van der Waals surface area contributed by atoms with Gasteiger partial charge in [0.1, 0.15) is 5.69 Å². The maximum Gasteiger partial charge on any atom is 0.354 e.